The Labute approximate surface area is 130 Å². The van der Waals surface area contributed by atoms with Crippen LogP contribution >= 0.6 is 11.3 Å². The molecule has 1 aromatic rings. The van der Waals surface area contributed by atoms with Gasteiger partial charge in [-0.3, -0.25) is 0 Å². The fourth-order valence-corrected chi connectivity index (χ4v) is 3.60. The highest BCUT2D eigenvalue weighted by molar-refractivity contribution is 7.15. The molecule has 0 amide bonds. The third-order valence-electron chi connectivity index (χ3n) is 3.84. The molecule has 0 spiro atoms. The van der Waals surface area contributed by atoms with E-state index in [-0.39, 0.29) is 5.97 Å². The summed E-state index contributed by atoms with van der Waals surface area (Å²) in [6.07, 6.45) is 2.58. The van der Waals surface area contributed by atoms with Crippen molar-refractivity contribution in [3.63, 3.8) is 0 Å². The van der Waals surface area contributed by atoms with Gasteiger partial charge in [-0.25, -0.2) is 9.78 Å². The van der Waals surface area contributed by atoms with Crippen molar-refractivity contribution < 1.29 is 14.3 Å². The molecule has 5 nitrogen and oxygen atoms in total. The number of hydrogen-bond acceptors (Lipinski definition) is 6. The van der Waals surface area contributed by atoms with Crippen LogP contribution in [0.25, 0.3) is 0 Å². The highest BCUT2D eigenvalue weighted by atomic mass is 32.1. The summed E-state index contributed by atoms with van der Waals surface area (Å²) in [6, 6.07) is 0. The van der Waals surface area contributed by atoms with Gasteiger partial charge in [-0.2, -0.15) is 0 Å². The Hall–Kier alpha value is -1.14. The first-order chi connectivity index (χ1) is 10.0. The number of anilines is 1. The van der Waals surface area contributed by atoms with Crippen LogP contribution in [0, 0.1) is 18.8 Å². The average Bonchev–Trinajstić information content (AvgIpc) is 2.85. The predicted molar refractivity (Wildman–Crippen MR) is 84.0 cm³/mol. The van der Waals surface area contributed by atoms with E-state index in [0.717, 1.165) is 29.6 Å². The zero-order chi connectivity index (χ0) is 15.4. The highest BCUT2D eigenvalue weighted by Crippen LogP contribution is 2.28. The molecule has 0 aliphatic carbocycles. The molecule has 1 fully saturated rings. The Balaban J connectivity index is 1.97. The van der Waals surface area contributed by atoms with Crippen LogP contribution in [-0.2, 0) is 9.47 Å². The molecule has 1 aliphatic heterocycles. The largest absolute Gasteiger partial charge is 0.464 e. The zero-order valence-corrected chi connectivity index (χ0v) is 14.0. The van der Waals surface area contributed by atoms with E-state index < -0.39 is 0 Å². The molecule has 21 heavy (non-hydrogen) atoms. The van der Waals surface area contributed by atoms with E-state index >= 15 is 0 Å². The fraction of sp³-hybridized carbons (Fsp3) is 0.733. The number of carbonyl (C=O) groups excluding carboxylic acids is 1. The predicted octanol–water partition coefficient (Wildman–Crippen LogP) is 3.10. The van der Waals surface area contributed by atoms with Gasteiger partial charge in [-0.1, -0.05) is 13.8 Å². The van der Waals surface area contributed by atoms with E-state index in [1.54, 1.807) is 0 Å². The van der Waals surface area contributed by atoms with E-state index in [9.17, 15) is 4.79 Å². The van der Waals surface area contributed by atoms with Crippen LogP contribution in [0.15, 0.2) is 0 Å². The molecule has 1 aliphatic rings. The second-order valence-corrected chi connectivity index (χ2v) is 6.98. The Morgan fingerprint density at radius 1 is 1.57 bits per heavy atom. The van der Waals surface area contributed by atoms with Crippen LogP contribution in [0.3, 0.4) is 0 Å². The van der Waals surface area contributed by atoms with Gasteiger partial charge in [0.15, 0.2) is 10.8 Å². The molecule has 118 valence electrons. The van der Waals surface area contributed by atoms with E-state index in [1.807, 2.05) is 6.92 Å². The first kappa shape index (κ1) is 16.2. The minimum absolute atomic E-state index is 0.299. The molecule has 2 heterocycles. The fourth-order valence-electron chi connectivity index (χ4n) is 2.80. The average molecular weight is 312 g/mol. The van der Waals surface area contributed by atoms with Gasteiger partial charge in [0.25, 0.3) is 0 Å². The monoisotopic (exact) mass is 312 g/mol. The first-order valence-corrected chi connectivity index (χ1v) is 8.25. The molecule has 2 atom stereocenters. The first-order valence-electron chi connectivity index (χ1n) is 7.44. The van der Waals surface area contributed by atoms with Crippen LogP contribution < -0.4 is 5.32 Å². The summed E-state index contributed by atoms with van der Waals surface area (Å²) in [4.78, 5) is 16.8. The SMILES string of the molecule is COC(=O)c1nc(NC[C@H]2CCCO[C@H]2C(C)C)sc1C. The summed E-state index contributed by atoms with van der Waals surface area (Å²) in [5.41, 5.74) is 0.408. The number of hydrogen-bond donors (Lipinski definition) is 1. The Kier molecular flexibility index (Phi) is 5.58. The highest BCUT2D eigenvalue weighted by Gasteiger charge is 2.28. The topological polar surface area (TPSA) is 60.5 Å². The minimum Gasteiger partial charge on any atom is -0.464 e. The molecule has 1 N–H and O–H groups in total. The number of methoxy groups -OCH3 is 1. The van der Waals surface area contributed by atoms with Crippen molar-refractivity contribution in [2.75, 3.05) is 25.6 Å². The van der Waals surface area contributed by atoms with Gasteiger partial charge in [0.2, 0.25) is 0 Å². The van der Waals surface area contributed by atoms with Gasteiger partial charge in [-0.05, 0) is 25.7 Å². The summed E-state index contributed by atoms with van der Waals surface area (Å²) < 4.78 is 10.6. The summed E-state index contributed by atoms with van der Waals surface area (Å²) in [6.45, 7) is 7.98. The summed E-state index contributed by atoms with van der Waals surface area (Å²) in [7, 11) is 1.38. The van der Waals surface area contributed by atoms with Crippen molar-refractivity contribution in [3.05, 3.63) is 10.6 Å². The molecule has 0 bridgehead atoms. The maximum absolute atomic E-state index is 11.6. The standard InChI is InChI=1S/C15H24N2O3S/c1-9(2)13-11(6-5-7-20-13)8-16-15-17-12(10(3)21-15)14(18)19-4/h9,11,13H,5-8H2,1-4H3,(H,16,17)/t11-,13+/m1/s1. The second-order valence-electron chi connectivity index (χ2n) is 5.78. The van der Waals surface area contributed by atoms with Crippen LogP contribution in [0.4, 0.5) is 5.13 Å². The van der Waals surface area contributed by atoms with Crippen molar-refractivity contribution in [1.82, 2.24) is 4.98 Å². The number of carbonyl (C=O) groups is 1. The Bertz CT molecular complexity index is 487. The van der Waals surface area contributed by atoms with E-state index in [4.69, 9.17) is 9.47 Å². The van der Waals surface area contributed by atoms with Gasteiger partial charge >= 0.3 is 5.97 Å². The summed E-state index contributed by atoms with van der Waals surface area (Å²) in [5, 5.41) is 4.14. The number of rotatable bonds is 5. The Morgan fingerprint density at radius 3 is 3.00 bits per heavy atom. The number of esters is 1. The van der Waals surface area contributed by atoms with Crippen LogP contribution in [-0.4, -0.2) is 37.3 Å². The van der Waals surface area contributed by atoms with Gasteiger partial charge in [0, 0.05) is 23.9 Å². The quantitative estimate of drug-likeness (QED) is 0.847. The minimum atomic E-state index is -0.377. The van der Waals surface area contributed by atoms with Crippen molar-refractivity contribution in [2.45, 2.75) is 39.7 Å². The van der Waals surface area contributed by atoms with Crippen molar-refractivity contribution >= 4 is 22.4 Å². The molecule has 0 unspecified atom stereocenters. The van der Waals surface area contributed by atoms with Gasteiger partial charge < -0.3 is 14.8 Å². The molecule has 1 saturated heterocycles. The van der Waals surface area contributed by atoms with Crippen molar-refractivity contribution in [2.24, 2.45) is 11.8 Å². The summed E-state index contributed by atoms with van der Waals surface area (Å²) in [5.74, 6) is 0.628. The third kappa shape index (κ3) is 3.95. The Morgan fingerprint density at radius 2 is 2.33 bits per heavy atom. The van der Waals surface area contributed by atoms with E-state index in [0.29, 0.717) is 23.6 Å². The number of aryl methyl sites for hydroxylation is 1. The summed E-state index contributed by atoms with van der Waals surface area (Å²) >= 11 is 1.49. The second kappa shape index (κ2) is 7.22. The van der Waals surface area contributed by atoms with Gasteiger partial charge in [-0.15, -0.1) is 11.3 Å². The number of aromatic nitrogens is 1. The lowest BCUT2D eigenvalue weighted by Gasteiger charge is -2.34. The third-order valence-corrected chi connectivity index (χ3v) is 4.77. The molecule has 0 saturated carbocycles. The molecule has 2 rings (SSSR count). The molecule has 1 aromatic heterocycles. The number of thiazole rings is 1. The molecule has 0 radical (unpaired) electrons. The van der Waals surface area contributed by atoms with Crippen molar-refractivity contribution in [1.29, 1.82) is 0 Å². The lowest BCUT2D eigenvalue weighted by atomic mass is 9.87. The van der Waals surface area contributed by atoms with Crippen molar-refractivity contribution in [3.8, 4) is 0 Å². The normalized spacial score (nSPS) is 22.3. The zero-order valence-electron chi connectivity index (χ0n) is 13.1. The van der Waals surface area contributed by atoms with Gasteiger partial charge in [0.05, 0.1) is 13.2 Å². The maximum atomic E-state index is 11.6. The molecular formula is C15H24N2O3S. The van der Waals surface area contributed by atoms with Gasteiger partial charge in [0.1, 0.15) is 0 Å². The van der Waals surface area contributed by atoms with Crippen LogP contribution in [0.2, 0.25) is 0 Å². The smallest absolute Gasteiger partial charge is 0.357 e. The van der Waals surface area contributed by atoms with Crippen LogP contribution in [0.1, 0.15) is 42.1 Å². The number of nitrogens with one attached hydrogen (secondary N) is 1. The van der Waals surface area contributed by atoms with E-state index in [1.165, 1.54) is 24.9 Å². The van der Waals surface area contributed by atoms with Crippen LogP contribution in [0.5, 0.6) is 0 Å². The van der Waals surface area contributed by atoms with E-state index in [2.05, 4.69) is 24.1 Å². The lowest BCUT2D eigenvalue weighted by Crippen LogP contribution is -2.37. The molecular weight excluding hydrogens is 288 g/mol. The number of nitrogens with zero attached hydrogens (tertiary/aromatic N) is 1. The maximum Gasteiger partial charge on any atom is 0.357 e. The lowest BCUT2D eigenvalue weighted by molar-refractivity contribution is -0.0480. The molecule has 0 aromatic carbocycles. The number of ether oxygens (including phenoxy) is 2. The molecule has 6 heteroatoms.